The van der Waals surface area contributed by atoms with E-state index in [2.05, 4.69) is 61.5 Å². The first-order valence-electron chi connectivity index (χ1n) is 8.10. The van der Waals surface area contributed by atoms with Gasteiger partial charge in [-0.25, -0.2) is 0 Å². The predicted molar refractivity (Wildman–Crippen MR) is 103 cm³/mol. The molecule has 135 valence electrons. The maximum absolute atomic E-state index is 6.49. The first-order chi connectivity index (χ1) is 12.0. The van der Waals surface area contributed by atoms with Crippen molar-refractivity contribution in [3.05, 3.63) is 92.8 Å². The van der Waals surface area contributed by atoms with Crippen LogP contribution in [0.15, 0.2) is 66.7 Å². The van der Waals surface area contributed by atoms with Crippen LogP contribution in [0.2, 0.25) is 10.0 Å². The molecule has 0 saturated carbocycles. The SMILES string of the molecule is CC1(c2ccccc2)C=c2c(-c3ccc(Cl)cc3Cl)cccc2=[C]1[Zr+2].[Cl-].[Cl-]. The van der Waals surface area contributed by atoms with E-state index < -0.39 is 0 Å². The largest absolute Gasteiger partial charge is 1.00 e. The van der Waals surface area contributed by atoms with E-state index in [9.17, 15) is 0 Å². The van der Waals surface area contributed by atoms with E-state index in [-0.39, 0.29) is 30.2 Å². The maximum Gasteiger partial charge on any atom is -1.00 e. The normalized spacial score (nSPS) is 17.4. The Morgan fingerprint density at radius 3 is 2.19 bits per heavy atom. The first-order valence-corrected chi connectivity index (χ1v) is 10.1. The molecule has 0 bridgehead atoms. The molecule has 0 N–H and O–H groups in total. The topological polar surface area (TPSA) is 0 Å². The smallest absolute Gasteiger partial charge is 1.00 e. The van der Waals surface area contributed by atoms with Crippen LogP contribution in [-0.4, -0.2) is 0 Å². The van der Waals surface area contributed by atoms with Crippen LogP contribution in [-0.2, 0) is 30.1 Å². The summed E-state index contributed by atoms with van der Waals surface area (Å²) < 4.78 is 1.45. The average molecular weight is 512 g/mol. The van der Waals surface area contributed by atoms with Crippen molar-refractivity contribution in [2.24, 2.45) is 0 Å². The summed E-state index contributed by atoms with van der Waals surface area (Å²) in [6.07, 6.45) is 2.39. The molecule has 1 unspecified atom stereocenters. The molecule has 0 aromatic heterocycles. The van der Waals surface area contributed by atoms with Crippen molar-refractivity contribution in [2.45, 2.75) is 12.3 Å². The summed E-state index contributed by atoms with van der Waals surface area (Å²) in [6, 6.07) is 22.9. The molecule has 0 radical (unpaired) electrons. The molecule has 0 aliphatic heterocycles. The molecular weight excluding hydrogens is 497 g/mol. The fourth-order valence-electron chi connectivity index (χ4n) is 3.53. The molecule has 3 aromatic rings. The van der Waals surface area contributed by atoms with Crippen molar-refractivity contribution in [3.8, 4) is 11.1 Å². The molecule has 0 amide bonds. The van der Waals surface area contributed by atoms with Crippen molar-refractivity contribution in [1.82, 2.24) is 0 Å². The van der Waals surface area contributed by atoms with Crippen molar-refractivity contribution in [3.63, 3.8) is 0 Å². The fourth-order valence-corrected chi connectivity index (χ4v) is 5.11. The van der Waals surface area contributed by atoms with Gasteiger partial charge in [-0.1, -0.05) is 0 Å². The molecule has 0 saturated heterocycles. The summed E-state index contributed by atoms with van der Waals surface area (Å²) in [7, 11) is 0. The van der Waals surface area contributed by atoms with E-state index in [1.54, 1.807) is 0 Å². The Hall–Kier alpha value is -0.557. The molecule has 1 atom stereocenters. The zero-order valence-electron chi connectivity index (χ0n) is 14.4. The minimum Gasteiger partial charge on any atom is -1.00 e. The molecule has 4 rings (SSSR count). The second kappa shape index (κ2) is 8.85. The van der Waals surface area contributed by atoms with Gasteiger partial charge in [-0.2, -0.15) is 0 Å². The second-order valence-electron chi connectivity index (χ2n) is 6.48. The van der Waals surface area contributed by atoms with Crippen molar-refractivity contribution < 1.29 is 49.5 Å². The molecule has 0 fully saturated rings. The Morgan fingerprint density at radius 2 is 1.52 bits per heavy atom. The Kier molecular flexibility index (Phi) is 7.45. The van der Waals surface area contributed by atoms with Crippen LogP contribution in [0.4, 0.5) is 0 Å². The molecule has 5 heteroatoms. The van der Waals surface area contributed by atoms with Gasteiger partial charge in [0.15, 0.2) is 0 Å². The number of hydrogen-bond donors (Lipinski definition) is 0. The Balaban J connectivity index is 0.00000131. The van der Waals surface area contributed by atoms with Crippen LogP contribution in [0, 0.1) is 0 Å². The minimum atomic E-state index is -0.0725. The van der Waals surface area contributed by atoms with Crippen LogP contribution in [0.1, 0.15) is 12.5 Å². The van der Waals surface area contributed by atoms with Crippen LogP contribution >= 0.6 is 23.2 Å². The van der Waals surface area contributed by atoms with E-state index >= 15 is 0 Å². The van der Waals surface area contributed by atoms with Crippen LogP contribution in [0.25, 0.3) is 20.5 Å². The van der Waals surface area contributed by atoms with Gasteiger partial charge in [0.25, 0.3) is 0 Å². The Bertz CT molecular complexity index is 1090. The summed E-state index contributed by atoms with van der Waals surface area (Å²) >= 11 is 14.0. The van der Waals surface area contributed by atoms with Crippen molar-refractivity contribution in [1.29, 1.82) is 0 Å². The number of benzene rings is 3. The van der Waals surface area contributed by atoms with Crippen molar-refractivity contribution >= 4 is 32.6 Å². The van der Waals surface area contributed by atoms with Gasteiger partial charge in [0.2, 0.25) is 0 Å². The van der Waals surface area contributed by atoms with Gasteiger partial charge in [-0.3, -0.25) is 0 Å². The third kappa shape index (κ3) is 3.96. The van der Waals surface area contributed by atoms with E-state index in [0.717, 1.165) is 5.56 Å². The third-order valence-corrected chi connectivity index (χ3v) is 7.41. The molecular formula is C22H15Cl4Zr. The molecule has 0 spiro atoms. The van der Waals surface area contributed by atoms with Gasteiger partial charge in [-0.15, -0.1) is 0 Å². The number of rotatable bonds is 2. The number of halogens is 4. The maximum atomic E-state index is 6.49. The van der Waals surface area contributed by atoms with Gasteiger partial charge in [-0.05, 0) is 0 Å². The monoisotopic (exact) mass is 509 g/mol. The third-order valence-electron chi connectivity index (χ3n) is 4.92. The molecule has 3 aromatic carbocycles. The second-order valence-corrected chi connectivity index (χ2v) is 8.55. The van der Waals surface area contributed by atoms with Crippen LogP contribution in [0.5, 0.6) is 0 Å². The average Bonchev–Trinajstić information content (AvgIpc) is 2.88. The first kappa shape index (κ1) is 22.7. The summed E-state index contributed by atoms with van der Waals surface area (Å²) in [4.78, 5) is 0. The van der Waals surface area contributed by atoms with Gasteiger partial charge in [0, 0.05) is 0 Å². The zero-order valence-corrected chi connectivity index (χ0v) is 19.9. The summed E-state index contributed by atoms with van der Waals surface area (Å²) in [5, 5.41) is 3.94. The van der Waals surface area contributed by atoms with Crippen LogP contribution in [0.3, 0.4) is 0 Å². The number of hydrogen-bond acceptors (Lipinski definition) is 0. The molecule has 27 heavy (non-hydrogen) atoms. The standard InChI is InChI=1S/C22H15Cl2.2ClH.Zr/c1-22(16-7-3-2-4-8-16)13-15-6-5-9-18(20(15)14-22)19-11-10-17(23)12-21(19)24;;;/h2-12,14H,1H3;2*1H;/q;;;+2/p-2. The Labute approximate surface area is 197 Å². The molecule has 0 heterocycles. The van der Waals surface area contributed by atoms with E-state index in [0.29, 0.717) is 10.0 Å². The fraction of sp³-hybridized carbons (Fsp3) is 0.0909. The van der Waals surface area contributed by atoms with E-state index in [1.807, 2.05) is 18.2 Å². The van der Waals surface area contributed by atoms with Gasteiger partial charge < -0.3 is 24.8 Å². The van der Waals surface area contributed by atoms with Crippen LogP contribution < -0.4 is 35.3 Å². The van der Waals surface area contributed by atoms with E-state index in [4.69, 9.17) is 23.2 Å². The molecule has 0 nitrogen and oxygen atoms in total. The predicted octanol–water partition coefficient (Wildman–Crippen LogP) is -0.925. The zero-order chi connectivity index (χ0) is 17.6. The quantitative estimate of drug-likeness (QED) is 0.417. The summed E-state index contributed by atoms with van der Waals surface area (Å²) in [5.41, 5.74) is 3.45. The van der Waals surface area contributed by atoms with Gasteiger partial charge in [0.1, 0.15) is 0 Å². The number of fused-ring (bicyclic) bond motifs is 1. The van der Waals surface area contributed by atoms with E-state index in [1.165, 1.54) is 49.6 Å². The van der Waals surface area contributed by atoms with Gasteiger partial charge in [0.05, 0.1) is 0 Å². The minimum absolute atomic E-state index is 0. The molecule has 1 aliphatic carbocycles. The van der Waals surface area contributed by atoms with Crippen molar-refractivity contribution in [2.75, 3.05) is 0 Å². The summed E-state index contributed by atoms with van der Waals surface area (Å²) in [5.74, 6) is 0. The Morgan fingerprint density at radius 1 is 0.815 bits per heavy atom. The van der Waals surface area contributed by atoms with Gasteiger partial charge >= 0.3 is 174 Å². The molecule has 1 aliphatic rings. The summed E-state index contributed by atoms with van der Waals surface area (Å²) in [6.45, 7) is 2.31.